The number of benzene rings is 2. The first-order valence-corrected chi connectivity index (χ1v) is 7.77. The van der Waals surface area contributed by atoms with Crippen LogP contribution in [0.4, 0.5) is 5.69 Å². The lowest BCUT2D eigenvalue weighted by Crippen LogP contribution is -2.13. The lowest BCUT2D eigenvalue weighted by atomic mass is 10.1. The van der Waals surface area contributed by atoms with Crippen molar-refractivity contribution in [2.45, 2.75) is 6.92 Å². The number of ether oxygens (including phenoxy) is 2. The molecule has 6 heteroatoms. The Morgan fingerprint density at radius 2 is 1.72 bits per heavy atom. The number of carbonyl (C=O) groups is 1. The number of hydrogen-bond acceptors (Lipinski definition) is 4. The van der Waals surface area contributed by atoms with Gasteiger partial charge in [-0.3, -0.25) is 9.89 Å². The molecule has 0 saturated heterocycles. The molecular weight excluding hydrogens is 318 g/mol. The number of anilines is 1. The van der Waals surface area contributed by atoms with Crippen molar-refractivity contribution < 1.29 is 14.3 Å². The van der Waals surface area contributed by atoms with E-state index in [9.17, 15) is 4.79 Å². The largest absolute Gasteiger partial charge is 0.497 e. The Kier molecular flexibility index (Phi) is 4.70. The van der Waals surface area contributed by atoms with Crippen LogP contribution in [0.5, 0.6) is 11.5 Å². The van der Waals surface area contributed by atoms with Gasteiger partial charge in [0.25, 0.3) is 5.91 Å². The number of aromatic nitrogens is 2. The van der Waals surface area contributed by atoms with E-state index in [-0.39, 0.29) is 5.91 Å². The molecule has 128 valence electrons. The highest BCUT2D eigenvalue weighted by molar-refractivity contribution is 6.06. The molecule has 0 spiro atoms. The minimum Gasteiger partial charge on any atom is -0.497 e. The number of H-pyrrole nitrogens is 1. The number of hydrogen-bond donors (Lipinski definition) is 2. The molecule has 0 aliphatic carbocycles. The van der Waals surface area contributed by atoms with Crippen LogP contribution < -0.4 is 14.8 Å². The smallest absolute Gasteiger partial charge is 0.255 e. The number of nitrogens with one attached hydrogen (secondary N) is 2. The summed E-state index contributed by atoms with van der Waals surface area (Å²) in [6, 6.07) is 14.5. The first-order valence-electron chi connectivity index (χ1n) is 7.77. The summed E-state index contributed by atoms with van der Waals surface area (Å²) in [5.41, 5.74) is 3.43. The number of carbonyl (C=O) groups excluding carboxylic acids is 1. The first kappa shape index (κ1) is 16.6. The monoisotopic (exact) mass is 337 g/mol. The molecule has 1 amide bonds. The summed E-state index contributed by atoms with van der Waals surface area (Å²) in [7, 11) is 3.18. The number of rotatable bonds is 5. The van der Waals surface area contributed by atoms with Gasteiger partial charge in [-0.15, -0.1) is 0 Å². The molecule has 0 radical (unpaired) electrons. The van der Waals surface area contributed by atoms with Crippen molar-refractivity contribution in [1.29, 1.82) is 0 Å². The quantitative estimate of drug-likeness (QED) is 0.745. The Balaban J connectivity index is 1.92. The van der Waals surface area contributed by atoms with E-state index in [1.165, 1.54) is 0 Å². The van der Waals surface area contributed by atoms with Crippen molar-refractivity contribution >= 4 is 11.6 Å². The third kappa shape index (κ3) is 3.47. The van der Waals surface area contributed by atoms with E-state index in [1.54, 1.807) is 38.5 Å². The third-order valence-corrected chi connectivity index (χ3v) is 3.86. The van der Waals surface area contributed by atoms with E-state index in [1.807, 2.05) is 31.2 Å². The van der Waals surface area contributed by atoms with Gasteiger partial charge in [0.2, 0.25) is 0 Å². The van der Waals surface area contributed by atoms with Gasteiger partial charge in [0, 0.05) is 11.1 Å². The Labute approximate surface area is 145 Å². The summed E-state index contributed by atoms with van der Waals surface area (Å²) >= 11 is 0. The zero-order valence-corrected chi connectivity index (χ0v) is 14.3. The van der Waals surface area contributed by atoms with E-state index in [0.29, 0.717) is 22.7 Å². The summed E-state index contributed by atoms with van der Waals surface area (Å²) in [6.45, 7) is 1.86. The van der Waals surface area contributed by atoms with Crippen molar-refractivity contribution in [1.82, 2.24) is 10.2 Å². The molecule has 25 heavy (non-hydrogen) atoms. The van der Waals surface area contributed by atoms with E-state index in [2.05, 4.69) is 15.5 Å². The first-order chi connectivity index (χ1) is 12.1. The van der Waals surface area contributed by atoms with Gasteiger partial charge in [0.05, 0.1) is 25.6 Å². The number of methoxy groups -OCH3 is 2. The van der Waals surface area contributed by atoms with Gasteiger partial charge in [0.15, 0.2) is 0 Å². The molecule has 3 rings (SSSR count). The van der Waals surface area contributed by atoms with Crippen LogP contribution in [0.1, 0.15) is 16.1 Å². The van der Waals surface area contributed by atoms with Crippen molar-refractivity contribution in [3.8, 4) is 22.8 Å². The summed E-state index contributed by atoms with van der Waals surface area (Å²) in [5, 5.41) is 10.2. The second-order valence-corrected chi connectivity index (χ2v) is 5.49. The van der Waals surface area contributed by atoms with Crippen LogP contribution in [-0.2, 0) is 0 Å². The molecule has 0 bridgehead atoms. The van der Waals surface area contributed by atoms with Crippen LogP contribution in [0, 0.1) is 6.92 Å². The third-order valence-electron chi connectivity index (χ3n) is 3.86. The Morgan fingerprint density at radius 3 is 2.44 bits per heavy atom. The topological polar surface area (TPSA) is 76.2 Å². The van der Waals surface area contributed by atoms with Crippen LogP contribution in [0.15, 0.2) is 48.5 Å². The van der Waals surface area contributed by atoms with E-state index < -0.39 is 0 Å². The molecule has 1 heterocycles. The average Bonchev–Trinajstić information content (AvgIpc) is 3.02. The second kappa shape index (κ2) is 7.09. The lowest BCUT2D eigenvalue weighted by Gasteiger charge is -2.09. The maximum absolute atomic E-state index is 12.6. The fourth-order valence-corrected chi connectivity index (χ4v) is 2.51. The molecule has 0 fully saturated rings. The molecular formula is C19H19N3O3. The SMILES string of the molecule is COc1cccc(C(=O)Nc2c(-c3cccc(OC)c3)n[nH]c2C)c1. The Morgan fingerprint density at radius 1 is 1.04 bits per heavy atom. The highest BCUT2D eigenvalue weighted by Gasteiger charge is 2.16. The minimum atomic E-state index is -0.229. The van der Waals surface area contributed by atoms with E-state index >= 15 is 0 Å². The van der Waals surface area contributed by atoms with Gasteiger partial charge in [-0.2, -0.15) is 5.10 Å². The second-order valence-electron chi connectivity index (χ2n) is 5.49. The minimum absolute atomic E-state index is 0.229. The molecule has 2 aromatic carbocycles. The molecule has 0 unspecified atom stereocenters. The van der Waals surface area contributed by atoms with Gasteiger partial charge >= 0.3 is 0 Å². The number of aromatic amines is 1. The van der Waals surface area contributed by atoms with Crippen LogP contribution >= 0.6 is 0 Å². The molecule has 6 nitrogen and oxygen atoms in total. The molecule has 1 aromatic heterocycles. The van der Waals surface area contributed by atoms with Crippen LogP contribution in [0.2, 0.25) is 0 Å². The number of aryl methyl sites for hydroxylation is 1. The highest BCUT2D eigenvalue weighted by atomic mass is 16.5. The van der Waals surface area contributed by atoms with Gasteiger partial charge in [-0.05, 0) is 37.3 Å². The van der Waals surface area contributed by atoms with Crippen molar-refractivity contribution in [3.05, 3.63) is 59.8 Å². The van der Waals surface area contributed by atoms with Crippen molar-refractivity contribution in [3.63, 3.8) is 0 Å². The van der Waals surface area contributed by atoms with Gasteiger partial charge < -0.3 is 14.8 Å². The lowest BCUT2D eigenvalue weighted by molar-refractivity contribution is 0.102. The highest BCUT2D eigenvalue weighted by Crippen LogP contribution is 2.31. The normalized spacial score (nSPS) is 10.4. The number of nitrogens with zero attached hydrogens (tertiary/aromatic N) is 1. The summed E-state index contributed by atoms with van der Waals surface area (Å²) in [5.74, 6) is 1.13. The van der Waals surface area contributed by atoms with Gasteiger partial charge in [-0.1, -0.05) is 18.2 Å². The predicted octanol–water partition coefficient (Wildman–Crippen LogP) is 3.65. The van der Waals surface area contributed by atoms with E-state index in [4.69, 9.17) is 9.47 Å². The summed E-state index contributed by atoms with van der Waals surface area (Å²) in [4.78, 5) is 12.6. The van der Waals surface area contributed by atoms with Crippen molar-refractivity contribution in [2.75, 3.05) is 19.5 Å². The van der Waals surface area contributed by atoms with Crippen LogP contribution in [-0.4, -0.2) is 30.3 Å². The number of amides is 1. The fourth-order valence-electron chi connectivity index (χ4n) is 2.51. The Hall–Kier alpha value is -3.28. The average molecular weight is 337 g/mol. The zero-order valence-electron chi connectivity index (χ0n) is 14.3. The summed E-state index contributed by atoms with van der Waals surface area (Å²) in [6.07, 6.45) is 0. The molecule has 3 aromatic rings. The maximum atomic E-state index is 12.6. The molecule has 0 atom stereocenters. The summed E-state index contributed by atoms with van der Waals surface area (Å²) < 4.78 is 10.4. The molecule has 0 aliphatic rings. The predicted molar refractivity (Wildman–Crippen MR) is 96.3 cm³/mol. The molecule has 0 aliphatic heterocycles. The zero-order chi connectivity index (χ0) is 17.8. The van der Waals surface area contributed by atoms with Gasteiger partial charge in [0.1, 0.15) is 17.2 Å². The fraction of sp³-hybridized carbons (Fsp3) is 0.158. The van der Waals surface area contributed by atoms with Crippen LogP contribution in [0.25, 0.3) is 11.3 Å². The molecule has 2 N–H and O–H groups in total. The van der Waals surface area contributed by atoms with Crippen molar-refractivity contribution in [2.24, 2.45) is 0 Å². The Bertz CT molecular complexity index is 902. The van der Waals surface area contributed by atoms with Gasteiger partial charge in [-0.25, -0.2) is 0 Å². The van der Waals surface area contributed by atoms with E-state index in [0.717, 1.165) is 17.0 Å². The standard InChI is InChI=1S/C19H19N3O3/c1-12-17(20-19(23)14-7-5-9-16(11-14)25-3)18(22-21-12)13-6-4-8-15(10-13)24-2/h4-11H,1-3H3,(H,20,23)(H,21,22). The maximum Gasteiger partial charge on any atom is 0.255 e. The van der Waals surface area contributed by atoms with Crippen LogP contribution in [0.3, 0.4) is 0 Å². The molecule has 0 saturated carbocycles.